The van der Waals surface area contributed by atoms with Gasteiger partial charge < -0.3 is 19.3 Å². The summed E-state index contributed by atoms with van der Waals surface area (Å²) in [6.07, 6.45) is -0.465. The fraction of sp³-hybridized carbons (Fsp3) is 0.875. The summed E-state index contributed by atoms with van der Waals surface area (Å²) in [5.41, 5.74) is -0.887. The summed E-state index contributed by atoms with van der Waals surface area (Å²) in [5.74, 6) is 0. The highest BCUT2D eigenvalue weighted by Gasteiger charge is 2.38. The molecule has 8 heteroatoms. The lowest BCUT2D eigenvalue weighted by molar-refractivity contribution is 0.0132. The van der Waals surface area contributed by atoms with Gasteiger partial charge in [-0.25, -0.2) is 9.59 Å². The van der Waals surface area contributed by atoms with E-state index in [0.29, 0.717) is 10.5 Å². The maximum absolute atomic E-state index is 11.9. The average Bonchev–Trinajstić information content (AvgIpc) is 2.23. The molecule has 2 aliphatic rings. The smallest absolute Gasteiger partial charge is 0.410 e. The second kappa shape index (κ2) is 7.23. The van der Waals surface area contributed by atoms with Crippen molar-refractivity contribution in [2.75, 3.05) is 26.2 Å². The second-order valence-corrected chi connectivity index (χ2v) is 11.1. The largest absolute Gasteiger partial charge is 0.444 e. The lowest BCUT2D eigenvalue weighted by Crippen LogP contribution is -2.54. The van der Waals surface area contributed by atoms with E-state index in [4.69, 9.17) is 9.47 Å². The maximum atomic E-state index is 11.9. The van der Waals surface area contributed by atoms with E-state index >= 15 is 0 Å². The van der Waals surface area contributed by atoms with Crippen LogP contribution in [0.3, 0.4) is 0 Å². The molecule has 2 aliphatic heterocycles. The molecule has 2 fully saturated rings. The molecule has 0 aromatic carbocycles. The molecular formula is C16H28N2O4S2. The standard InChI is InChI=1S/C16H28N2O4S2/c1-15(2,3)21-13(19)17-7-11(8-17)23-24-12-9-18(10-12)14(20)22-16(4,5)6/h11-12H,7-10H2,1-6H3. The monoisotopic (exact) mass is 376 g/mol. The third-order valence-electron chi connectivity index (χ3n) is 3.33. The molecule has 2 amide bonds. The highest BCUT2D eigenvalue weighted by Crippen LogP contribution is 2.39. The first-order valence-corrected chi connectivity index (χ1v) is 10.5. The summed E-state index contributed by atoms with van der Waals surface area (Å²) in [4.78, 5) is 27.2. The van der Waals surface area contributed by atoms with Gasteiger partial charge in [0.25, 0.3) is 0 Å². The minimum absolute atomic E-state index is 0.232. The number of hydrogen-bond acceptors (Lipinski definition) is 6. The fourth-order valence-electron chi connectivity index (χ4n) is 2.11. The number of nitrogens with zero attached hydrogens (tertiary/aromatic N) is 2. The number of amides is 2. The van der Waals surface area contributed by atoms with Crippen molar-refractivity contribution in [1.29, 1.82) is 0 Å². The van der Waals surface area contributed by atoms with Crippen LogP contribution in [0.25, 0.3) is 0 Å². The molecule has 0 atom stereocenters. The Morgan fingerprint density at radius 3 is 1.29 bits per heavy atom. The van der Waals surface area contributed by atoms with Gasteiger partial charge in [0.2, 0.25) is 0 Å². The normalized spacial score (nSPS) is 19.6. The molecule has 0 spiro atoms. The van der Waals surface area contributed by atoms with Crippen LogP contribution in [0.1, 0.15) is 41.5 Å². The van der Waals surface area contributed by atoms with Gasteiger partial charge in [0, 0.05) is 26.2 Å². The Labute approximate surface area is 152 Å². The summed E-state index contributed by atoms with van der Waals surface area (Å²) < 4.78 is 10.7. The van der Waals surface area contributed by atoms with Crippen LogP contribution in [0.2, 0.25) is 0 Å². The van der Waals surface area contributed by atoms with Crippen molar-refractivity contribution in [2.24, 2.45) is 0 Å². The van der Waals surface area contributed by atoms with E-state index in [1.165, 1.54) is 0 Å². The van der Waals surface area contributed by atoms with Crippen LogP contribution in [0.5, 0.6) is 0 Å². The molecule has 2 heterocycles. The quantitative estimate of drug-likeness (QED) is 0.702. The van der Waals surface area contributed by atoms with Crippen LogP contribution >= 0.6 is 21.6 Å². The number of ether oxygens (including phenoxy) is 2. The molecule has 0 unspecified atom stereocenters. The van der Waals surface area contributed by atoms with Crippen molar-refractivity contribution in [1.82, 2.24) is 9.80 Å². The maximum Gasteiger partial charge on any atom is 0.410 e. The van der Waals surface area contributed by atoms with Gasteiger partial charge in [-0.1, -0.05) is 21.6 Å². The Balaban J connectivity index is 1.56. The minimum atomic E-state index is -0.443. The average molecular weight is 377 g/mol. The molecule has 0 bridgehead atoms. The summed E-state index contributed by atoms with van der Waals surface area (Å²) in [5, 5.41) is 0.885. The van der Waals surface area contributed by atoms with Crippen LogP contribution in [-0.4, -0.2) is 69.9 Å². The molecular weight excluding hydrogens is 348 g/mol. The van der Waals surface area contributed by atoms with E-state index in [9.17, 15) is 9.59 Å². The third kappa shape index (κ3) is 5.95. The van der Waals surface area contributed by atoms with E-state index in [1.807, 2.05) is 41.5 Å². The van der Waals surface area contributed by atoms with Gasteiger partial charge in [0.1, 0.15) is 11.2 Å². The van der Waals surface area contributed by atoms with Gasteiger partial charge in [-0.05, 0) is 41.5 Å². The van der Waals surface area contributed by atoms with Crippen LogP contribution < -0.4 is 0 Å². The van der Waals surface area contributed by atoms with Crippen LogP contribution in [0, 0.1) is 0 Å². The Kier molecular flexibility index (Phi) is 5.90. The molecule has 6 nitrogen and oxygen atoms in total. The number of carbonyl (C=O) groups excluding carboxylic acids is 2. The van der Waals surface area contributed by atoms with Crippen LogP contribution in [-0.2, 0) is 9.47 Å². The van der Waals surface area contributed by atoms with Crippen LogP contribution in [0.15, 0.2) is 0 Å². The number of likely N-dealkylation sites (tertiary alicyclic amines) is 2. The SMILES string of the molecule is CC(C)(C)OC(=O)N1CC(SSC2CN(C(=O)OC(C)(C)C)C2)C1. The van der Waals surface area contributed by atoms with E-state index in [1.54, 1.807) is 31.4 Å². The Morgan fingerprint density at radius 2 is 1.04 bits per heavy atom. The summed E-state index contributed by atoms with van der Waals surface area (Å²) in [6, 6.07) is 0. The first-order chi connectivity index (χ1) is 10.9. The second-order valence-electron chi connectivity index (χ2n) is 8.21. The number of carbonyl (C=O) groups is 2. The van der Waals surface area contributed by atoms with Gasteiger partial charge in [0.15, 0.2) is 0 Å². The summed E-state index contributed by atoms with van der Waals surface area (Å²) >= 11 is 0. The highest BCUT2D eigenvalue weighted by atomic mass is 33.1. The van der Waals surface area contributed by atoms with E-state index in [0.717, 1.165) is 26.2 Å². The topological polar surface area (TPSA) is 59.1 Å². The molecule has 2 saturated heterocycles. The zero-order valence-electron chi connectivity index (χ0n) is 15.3. The van der Waals surface area contributed by atoms with Crippen molar-refractivity contribution < 1.29 is 19.1 Å². The van der Waals surface area contributed by atoms with Gasteiger partial charge in [0.05, 0.1) is 10.5 Å². The Morgan fingerprint density at radius 1 is 0.750 bits per heavy atom. The molecule has 0 aliphatic carbocycles. The Hall–Kier alpha value is -0.760. The predicted octanol–water partition coefficient (Wildman–Crippen LogP) is 3.61. The lowest BCUT2D eigenvalue weighted by atomic mass is 10.2. The van der Waals surface area contributed by atoms with Crippen molar-refractivity contribution in [2.45, 2.75) is 63.2 Å². The molecule has 0 aromatic heterocycles. The molecule has 0 radical (unpaired) electrons. The zero-order valence-corrected chi connectivity index (χ0v) is 17.0. The molecule has 2 rings (SSSR count). The van der Waals surface area contributed by atoms with Gasteiger partial charge in [-0.3, -0.25) is 0 Å². The predicted molar refractivity (Wildman–Crippen MR) is 98.4 cm³/mol. The van der Waals surface area contributed by atoms with Gasteiger partial charge in [-0.15, -0.1) is 0 Å². The summed E-state index contributed by atoms with van der Waals surface area (Å²) in [7, 11) is 3.60. The highest BCUT2D eigenvalue weighted by molar-refractivity contribution is 8.77. The van der Waals surface area contributed by atoms with E-state index < -0.39 is 11.2 Å². The lowest BCUT2D eigenvalue weighted by Gasteiger charge is -2.42. The third-order valence-corrected chi connectivity index (χ3v) is 6.55. The van der Waals surface area contributed by atoms with Crippen molar-refractivity contribution in [3.63, 3.8) is 0 Å². The van der Waals surface area contributed by atoms with E-state index in [-0.39, 0.29) is 12.2 Å². The Bertz CT molecular complexity index is 431. The molecule has 0 N–H and O–H groups in total. The van der Waals surface area contributed by atoms with Crippen molar-refractivity contribution in [3.05, 3.63) is 0 Å². The zero-order chi connectivity index (χ0) is 18.1. The van der Waals surface area contributed by atoms with Gasteiger partial charge >= 0.3 is 12.2 Å². The first kappa shape index (κ1) is 19.6. The van der Waals surface area contributed by atoms with E-state index in [2.05, 4.69) is 0 Å². The summed E-state index contributed by atoms with van der Waals surface area (Å²) in [6.45, 7) is 14.2. The minimum Gasteiger partial charge on any atom is -0.444 e. The van der Waals surface area contributed by atoms with Crippen molar-refractivity contribution >= 4 is 33.8 Å². The number of rotatable bonds is 3. The number of hydrogen-bond donors (Lipinski definition) is 0. The van der Waals surface area contributed by atoms with Crippen LogP contribution in [0.4, 0.5) is 9.59 Å². The first-order valence-electron chi connectivity index (χ1n) is 8.21. The molecule has 24 heavy (non-hydrogen) atoms. The molecule has 0 aromatic rings. The van der Waals surface area contributed by atoms with Crippen molar-refractivity contribution in [3.8, 4) is 0 Å². The van der Waals surface area contributed by atoms with Gasteiger partial charge in [-0.2, -0.15) is 0 Å². The molecule has 0 saturated carbocycles. The fourth-order valence-corrected chi connectivity index (χ4v) is 5.06. The molecule has 138 valence electrons.